The van der Waals surface area contributed by atoms with Crippen LogP contribution in [0.2, 0.25) is 0 Å². The van der Waals surface area contributed by atoms with Crippen molar-refractivity contribution < 1.29 is 13.9 Å². The van der Waals surface area contributed by atoms with E-state index >= 15 is 0 Å². The minimum atomic E-state index is -0.331. The molecular weight excluding hydrogens is 330 g/mol. The van der Waals surface area contributed by atoms with Crippen molar-refractivity contribution in [3.05, 3.63) is 54.2 Å². The van der Waals surface area contributed by atoms with Crippen LogP contribution < -0.4 is 0 Å². The summed E-state index contributed by atoms with van der Waals surface area (Å²) >= 11 is 0. The molecule has 138 valence electrons. The van der Waals surface area contributed by atoms with Crippen molar-refractivity contribution in [2.45, 2.75) is 38.1 Å². The van der Waals surface area contributed by atoms with Crippen LogP contribution in [0.1, 0.15) is 24.3 Å². The van der Waals surface area contributed by atoms with E-state index in [1.165, 1.54) is 0 Å². The fourth-order valence-electron chi connectivity index (χ4n) is 3.98. The summed E-state index contributed by atoms with van der Waals surface area (Å²) in [5, 5.41) is 0. The van der Waals surface area contributed by atoms with Gasteiger partial charge in [-0.3, -0.25) is 14.7 Å². The number of carbonyl (C=O) groups is 1. The number of hydrogen-bond donors (Lipinski definition) is 0. The summed E-state index contributed by atoms with van der Waals surface area (Å²) in [6, 6.07) is 9.67. The Kier molecular flexibility index (Phi) is 5.04. The lowest BCUT2D eigenvalue weighted by molar-refractivity contribution is -0.143. The van der Waals surface area contributed by atoms with Crippen molar-refractivity contribution in [1.82, 2.24) is 14.8 Å². The van der Waals surface area contributed by atoms with Crippen LogP contribution >= 0.6 is 0 Å². The maximum Gasteiger partial charge on any atom is 0.251 e. The first-order valence-electron chi connectivity index (χ1n) is 9.24. The van der Waals surface area contributed by atoms with Gasteiger partial charge in [0.05, 0.1) is 31.2 Å². The van der Waals surface area contributed by atoms with Crippen LogP contribution in [-0.2, 0) is 22.6 Å². The van der Waals surface area contributed by atoms with Crippen LogP contribution in [0.25, 0.3) is 0 Å². The molecule has 2 aromatic heterocycles. The fraction of sp³-hybridized carbons (Fsp3) is 0.500. The molecule has 2 aliphatic rings. The lowest BCUT2D eigenvalue weighted by Crippen LogP contribution is -2.42. The normalized spacial score (nSPS) is 25.8. The number of nitrogens with zero attached hydrogens (tertiary/aromatic N) is 3. The lowest BCUT2D eigenvalue weighted by atomic mass is 9.91. The van der Waals surface area contributed by atoms with E-state index in [-0.39, 0.29) is 18.1 Å². The van der Waals surface area contributed by atoms with Crippen LogP contribution in [0, 0.1) is 5.92 Å². The molecule has 0 N–H and O–H groups in total. The Morgan fingerprint density at radius 3 is 3.04 bits per heavy atom. The third-order valence-corrected chi connectivity index (χ3v) is 5.37. The average Bonchev–Trinajstić information content (AvgIpc) is 3.31. The quantitative estimate of drug-likeness (QED) is 0.824. The summed E-state index contributed by atoms with van der Waals surface area (Å²) in [4.78, 5) is 21.1. The second kappa shape index (κ2) is 7.60. The number of furan rings is 1. The number of hydrogen-bond acceptors (Lipinski definition) is 5. The Hall–Kier alpha value is -2.18. The monoisotopic (exact) mass is 355 g/mol. The molecule has 6 nitrogen and oxygen atoms in total. The Bertz CT molecular complexity index is 719. The number of likely N-dealkylation sites (N-methyl/N-ethyl adjacent to an activating group) is 1. The van der Waals surface area contributed by atoms with Gasteiger partial charge >= 0.3 is 0 Å². The first-order chi connectivity index (χ1) is 12.7. The summed E-state index contributed by atoms with van der Waals surface area (Å²) < 4.78 is 11.6. The molecular formula is C20H25N3O3. The standard InChI is InChI=1S/C20H25N3O3/c1-22(12-16-5-2-3-8-21-16)20(24)18-11-15-7-9-23(14-19(15)26-18)13-17-6-4-10-25-17/h2-6,8,10,15,18-19H,7,9,11-14H2,1H3/t15-,18+,19+/m0/s1. The zero-order chi connectivity index (χ0) is 17.9. The van der Waals surface area contributed by atoms with Gasteiger partial charge in [-0.15, -0.1) is 0 Å². The molecule has 4 rings (SSSR count). The second-order valence-electron chi connectivity index (χ2n) is 7.28. The van der Waals surface area contributed by atoms with Gasteiger partial charge in [0, 0.05) is 19.8 Å². The smallest absolute Gasteiger partial charge is 0.251 e. The van der Waals surface area contributed by atoms with Crippen LogP contribution in [0.3, 0.4) is 0 Å². The molecule has 2 saturated heterocycles. The molecule has 4 heterocycles. The van der Waals surface area contributed by atoms with Gasteiger partial charge in [-0.25, -0.2) is 0 Å². The zero-order valence-corrected chi connectivity index (χ0v) is 15.1. The van der Waals surface area contributed by atoms with Gasteiger partial charge in [0.1, 0.15) is 11.9 Å². The van der Waals surface area contributed by atoms with Gasteiger partial charge in [0.2, 0.25) is 0 Å². The number of carbonyl (C=O) groups excluding carboxylic acids is 1. The molecule has 2 aliphatic heterocycles. The predicted molar refractivity (Wildman–Crippen MR) is 96.1 cm³/mol. The maximum atomic E-state index is 12.8. The third kappa shape index (κ3) is 3.81. The highest BCUT2D eigenvalue weighted by Crippen LogP contribution is 2.34. The first kappa shape index (κ1) is 17.2. The SMILES string of the molecule is CN(Cc1ccccn1)C(=O)[C@H]1C[C@@H]2CCN(Cc3ccco3)C[C@H]2O1. The summed E-state index contributed by atoms with van der Waals surface area (Å²) in [5.74, 6) is 1.51. The lowest BCUT2D eigenvalue weighted by Gasteiger charge is -2.33. The molecule has 0 unspecified atom stereocenters. The molecule has 3 atom stereocenters. The molecule has 0 spiro atoms. The van der Waals surface area contributed by atoms with Gasteiger partial charge in [-0.1, -0.05) is 6.07 Å². The van der Waals surface area contributed by atoms with Crippen molar-refractivity contribution in [3.63, 3.8) is 0 Å². The number of piperidine rings is 1. The maximum absolute atomic E-state index is 12.8. The topological polar surface area (TPSA) is 58.8 Å². The fourth-order valence-corrected chi connectivity index (χ4v) is 3.98. The van der Waals surface area contributed by atoms with E-state index in [1.54, 1.807) is 17.4 Å². The Balaban J connectivity index is 1.32. The average molecular weight is 355 g/mol. The number of amides is 1. The third-order valence-electron chi connectivity index (χ3n) is 5.37. The van der Waals surface area contributed by atoms with Gasteiger partial charge in [-0.2, -0.15) is 0 Å². The Labute approximate surface area is 153 Å². The molecule has 0 saturated carbocycles. The van der Waals surface area contributed by atoms with Crippen LogP contribution in [-0.4, -0.2) is 53.0 Å². The van der Waals surface area contributed by atoms with Crippen molar-refractivity contribution in [1.29, 1.82) is 0 Å². The summed E-state index contributed by atoms with van der Waals surface area (Å²) in [5.41, 5.74) is 0.892. The van der Waals surface area contributed by atoms with Gasteiger partial charge in [0.15, 0.2) is 0 Å². The zero-order valence-electron chi connectivity index (χ0n) is 15.1. The molecule has 6 heteroatoms. The van der Waals surface area contributed by atoms with Crippen molar-refractivity contribution in [3.8, 4) is 0 Å². The summed E-state index contributed by atoms with van der Waals surface area (Å²) in [6.45, 7) is 3.20. The first-order valence-corrected chi connectivity index (χ1v) is 9.24. The molecule has 2 aromatic rings. The second-order valence-corrected chi connectivity index (χ2v) is 7.28. The molecule has 0 radical (unpaired) electrons. The molecule has 2 fully saturated rings. The van der Waals surface area contributed by atoms with Crippen molar-refractivity contribution in [2.24, 2.45) is 5.92 Å². The number of aromatic nitrogens is 1. The predicted octanol–water partition coefficient (Wildman–Crippen LogP) is 2.31. The Morgan fingerprint density at radius 2 is 2.27 bits per heavy atom. The number of ether oxygens (including phenoxy) is 1. The van der Waals surface area contributed by atoms with E-state index < -0.39 is 0 Å². The van der Waals surface area contributed by atoms with Crippen molar-refractivity contribution >= 4 is 5.91 Å². The van der Waals surface area contributed by atoms with E-state index in [2.05, 4.69) is 9.88 Å². The van der Waals surface area contributed by atoms with Gasteiger partial charge < -0.3 is 14.1 Å². The minimum Gasteiger partial charge on any atom is -0.468 e. The van der Waals surface area contributed by atoms with E-state index in [1.807, 2.05) is 37.4 Å². The summed E-state index contributed by atoms with van der Waals surface area (Å²) in [6.07, 6.45) is 5.16. The van der Waals surface area contributed by atoms with Gasteiger partial charge in [-0.05, 0) is 49.6 Å². The molecule has 0 bridgehead atoms. The van der Waals surface area contributed by atoms with Gasteiger partial charge in [0.25, 0.3) is 5.91 Å². The number of pyridine rings is 1. The van der Waals surface area contributed by atoms with Crippen LogP contribution in [0.4, 0.5) is 0 Å². The van der Waals surface area contributed by atoms with Crippen LogP contribution in [0.15, 0.2) is 47.2 Å². The minimum absolute atomic E-state index is 0.0580. The molecule has 26 heavy (non-hydrogen) atoms. The number of fused-ring (bicyclic) bond motifs is 1. The number of likely N-dealkylation sites (tertiary alicyclic amines) is 1. The van der Waals surface area contributed by atoms with E-state index in [4.69, 9.17) is 9.15 Å². The Morgan fingerprint density at radius 1 is 1.35 bits per heavy atom. The van der Waals surface area contributed by atoms with E-state index in [0.29, 0.717) is 12.5 Å². The highest BCUT2D eigenvalue weighted by molar-refractivity contribution is 5.81. The van der Waals surface area contributed by atoms with E-state index in [9.17, 15) is 4.79 Å². The van der Waals surface area contributed by atoms with Crippen LogP contribution in [0.5, 0.6) is 0 Å². The molecule has 0 aromatic carbocycles. The molecule has 0 aliphatic carbocycles. The highest BCUT2D eigenvalue weighted by atomic mass is 16.5. The van der Waals surface area contributed by atoms with E-state index in [0.717, 1.165) is 43.9 Å². The van der Waals surface area contributed by atoms with Crippen molar-refractivity contribution in [2.75, 3.05) is 20.1 Å². The summed E-state index contributed by atoms with van der Waals surface area (Å²) in [7, 11) is 1.82. The largest absolute Gasteiger partial charge is 0.468 e. The molecule has 1 amide bonds. The number of rotatable bonds is 5. The highest BCUT2D eigenvalue weighted by Gasteiger charge is 2.42.